The van der Waals surface area contributed by atoms with Crippen LogP contribution >= 0.6 is 0 Å². The lowest BCUT2D eigenvalue weighted by molar-refractivity contribution is -0.122. The van der Waals surface area contributed by atoms with Crippen LogP contribution in [0.25, 0.3) is 0 Å². The second kappa shape index (κ2) is 11.7. The predicted octanol–water partition coefficient (Wildman–Crippen LogP) is 4.60. The number of benzene rings is 2. The second-order valence-electron chi connectivity index (χ2n) is 7.93. The van der Waals surface area contributed by atoms with Crippen LogP contribution in [0.1, 0.15) is 45.1 Å². The zero-order valence-electron chi connectivity index (χ0n) is 20.2. The van der Waals surface area contributed by atoms with Crippen molar-refractivity contribution >= 4 is 27.4 Å². The Morgan fingerprint density at radius 1 is 1.03 bits per heavy atom. The molecule has 2 atom stereocenters. The minimum absolute atomic E-state index is 0.0128. The Labute approximate surface area is 206 Å². The molecule has 0 aliphatic carbocycles. The van der Waals surface area contributed by atoms with Crippen LogP contribution in [0.4, 0.5) is 11.5 Å². The fourth-order valence-corrected chi connectivity index (χ4v) is 4.33. The number of carbonyl (C=O) groups excluding carboxylic acids is 1. The fourth-order valence-electron chi connectivity index (χ4n) is 3.33. The lowest BCUT2D eigenvalue weighted by Crippen LogP contribution is -2.32. The summed E-state index contributed by atoms with van der Waals surface area (Å²) in [5.74, 6) is 0.995. The van der Waals surface area contributed by atoms with E-state index >= 15 is 0 Å². The van der Waals surface area contributed by atoms with E-state index in [1.54, 1.807) is 0 Å². The highest BCUT2D eigenvalue weighted by Crippen LogP contribution is 2.29. The van der Waals surface area contributed by atoms with Crippen LogP contribution in [0.5, 0.6) is 11.6 Å². The van der Waals surface area contributed by atoms with Crippen molar-refractivity contribution in [2.45, 2.75) is 50.5 Å². The Kier molecular flexibility index (Phi) is 8.64. The van der Waals surface area contributed by atoms with E-state index in [0.29, 0.717) is 23.8 Å². The molecule has 0 saturated heterocycles. The van der Waals surface area contributed by atoms with Crippen molar-refractivity contribution in [2.24, 2.45) is 0 Å². The van der Waals surface area contributed by atoms with E-state index in [-0.39, 0.29) is 22.5 Å². The first-order chi connectivity index (χ1) is 16.8. The predicted molar refractivity (Wildman–Crippen MR) is 134 cm³/mol. The van der Waals surface area contributed by atoms with Gasteiger partial charge in [-0.15, -0.1) is 0 Å². The third kappa shape index (κ3) is 6.69. The number of nitrogens with one attached hydrogen (secondary N) is 2. The van der Waals surface area contributed by atoms with Crippen LogP contribution in [-0.4, -0.2) is 37.5 Å². The molecule has 0 spiro atoms. The van der Waals surface area contributed by atoms with E-state index in [1.807, 2.05) is 31.2 Å². The molecule has 2 N–H and O–H groups in total. The minimum atomic E-state index is -3.89. The lowest BCUT2D eigenvalue weighted by Gasteiger charge is -2.21. The summed E-state index contributed by atoms with van der Waals surface area (Å²) in [6, 6.07) is 14.9. The van der Waals surface area contributed by atoms with Crippen molar-refractivity contribution in [3.8, 4) is 11.6 Å². The average Bonchev–Trinajstić information content (AvgIpc) is 2.87. The van der Waals surface area contributed by atoms with Crippen molar-refractivity contribution in [1.29, 1.82) is 0 Å². The number of para-hydroxylation sites is 1. The monoisotopic (exact) mass is 498 g/mol. The van der Waals surface area contributed by atoms with E-state index in [0.717, 1.165) is 12.0 Å². The number of aromatic nitrogens is 2. The first-order valence-corrected chi connectivity index (χ1v) is 12.8. The highest BCUT2D eigenvalue weighted by molar-refractivity contribution is 7.92. The Bertz CT molecular complexity index is 1250. The maximum Gasteiger partial charge on any atom is 0.265 e. The van der Waals surface area contributed by atoms with Crippen LogP contribution in [0.2, 0.25) is 0 Å². The zero-order valence-corrected chi connectivity index (χ0v) is 21.0. The number of nitrogens with zero attached hydrogens (tertiary/aromatic N) is 2. The molecule has 0 fully saturated rings. The Morgan fingerprint density at radius 2 is 1.74 bits per heavy atom. The normalized spacial score (nSPS) is 12.9. The van der Waals surface area contributed by atoms with Crippen LogP contribution in [0.15, 0.2) is 65.8 Å². The first kappa shape index (κ1) is 26.0. The number of carbonyl (C=O) groups is 1. The van der Waals surface area contributed by atoms with Crippen molar-refractivity contribution in [1.82, 2.24) is 9.97 Å². The molecule has 2 aromatic carbocycles. The molecule has 0 aliphatic rings. The number of anilines is 2. The standard InChI is InChI=1S/C25H30N4O5S/c1-5-17(3)20-9-7-8-10-22(20)34-21(6-2)25(30)28-18-11-13-19(14-12-18)35(31,32)29-23-15-24(33-4)27-16-26-23/h7-17,21H,5-6H2,1-4H3,(H,28,30)(H,26,27,29). The van der Waals surface area contributed by atoms with Crippen molar-refractivity contribution < 1.29 is 22.7 Å². The molecule has 0 radical (unpaired) electrons. The molecule has 1 heterocycles. The number of hydrogen-bond donors (Lipinski definition) is 2. The number of amides is 1. The van der Waals surface area contributed by atoms with Gasteiger partial charge in [0.15, 0.2) is 6.10 Å². The summed E-state index contributed by atoms with van der Waals surface area (Å²) in [5.41, 5.74) is 1.51. The van der Waals surface area contributed by atoms with E-state index in [9.17, 15) is 13.2 Å². The molecule has 1 amide bonds. The smallest absolute Gasteiger partial charge is 0.265 e. The third-order valence-electron chi connectivity index (χ3n) is 5.52. The Morgan fingerprint density at radius 3 is 2.40 bits per heavy atom. The molecule has 186 valence electrons. The summed E-state index contributed by atoms with van der Waals surface area (Å²) >= 11 is 0. The van der Waals surface area contributed by atoms with Crippen molar-refractivity contribution in [2.75, 3.05) is 17.1 Å². The van der Waals surface area contributed by atoms with Crippen molar-refractivity contribution in [3.05, 3.63) is 66.5 Å². The average molecular weight is 499 g/mol. The van der Waals surface area contributed by atoms with E-state index in [2.05, 4.69) is 33.9 Å². The van der Waals surface area contributed by atoms with Gasteiger partial charge in [-0.05, 0) is 54.7 Å². The second-order valence-corrected chi connectivity index (χ2v) is 9.61. The summed E-state index contributed by atoms with van der Waals surface area (Å²) < 4.78 is 38.8. The van der Waals surface area contributed by atoms with Crippen molar-refractivity contribution in [3.63, 3.8) is 0 Å². The SMILES string of the molecule is CCC(Oc1ccccc1C(C)CC)C(=O)Nc1ccc(S(=O)(=O)Nc2cc(OC)ncn2)cc1. The molecule has 3 aromatic rings. The first-order valence-electron chi connectivity index (χ1n) is 11.3. The molecule has 0 saturated carbocycles. The molecular formula is C25H30N4O5S. The summed E-state index contributed by atoms with van der Waals surface area (Å²) in [4.78, 5) is 20.6. The van der Waals surface area contributed by atoms with E-state index in [4.69, 9.17) is 9.47 Å². The zero-order chi connectivity index (χ0) is 25.4. The molecule has 3 rings (SSSR count). The number of ether oxygens (including phenoxy) is 2. The quantitative estimate of drug-likeness (QED) is 0.397. The minimum Gasteiger partial charge on any atom is -0.481 e. The van der Waals surface area contributed by atoms with Gasteiger partial charge in [0.05, 0.1) is 12.0 Å². The fraction of sp³-hybridized carbons (Fsp3) is 0.320. The topological polar surface area (TPSA) is 120 Å². The van der Waals surface area contributed by atoms with Gasteiger partial charge in [0.1, 0.15) is 17.9 Å². The number of sulfonamides is 1. The molecule has 10 heteroatoms. The van der Waals surface area contributed by atoms with Gasteiger partial charge >= 0.3 is 0 Å². The van der Waals surface area contributed by atoms with Gasteiger partial charge in [-0.2, -0.15) is 0 Å². The Balaban J connectivity index is 1.69. The summed E-state index contributed by atoms with van der Waals surface area (Å²) in [7, 11) is -2.47. The van der Waals surface area contributed by atoms with Gasteiger partial charge in [0, 0.05) is 11.8 Å². The highest BCUT2D eigenvalue weighted by atomic mass is 32.2. The number of hydrogen-bond acceptors (Lipinski definition) is 7. The molecule has 0 aliphatic heterocycles. The Hall–Kier alpha value is -3.66. The molecule has 0 bridgehead atoms. The number of rotatable bonds is 11. The van der Waals surface area contributed by atoms with Gasteiger partial charge < -0.3 is 14.8 Å². The van der Waals surface area contributed by atoms with E-state index < -0.39 is 16.1 Å². The van der Waals surface area contributed by atoms with Gasteiger partial charge in [0.25, 0.3) is 15.9 Å². The van der Waals surface area contributed by atoms with Gasteiger partial charge in [-0.25, -0.2) is 18.4 Å². The molecular weight excluding hydrogens is 468 g/mol. The maximum absolute atomic E-state index is 12.9. The van der Waals surface area contributed by atoms with Crippen LogP contribution < -0.4 is 19.5 Å². The summed E-state index contributed by atoms with van der Waals surface area (Å²) in [5, 5.41) is 2.80. The summed E-state index contributed by atoms with van der Waals surface area (Å²) in [6.07, 6.45) is 1.93. The molecule has 2 unspecified atom stereocenters. The third-order valence-corrected chi connectivity index (χ3v) is 6.89. The summed E-state index contributed by atoms with van der Waals surface area (Å²) in [6.45, 7) is 6.10. The van der Waals surface area contributed by atoms with Crippen LogP contribution in [-0.2, 0) is 14.8 Å². The maximum atomic E-state index is 12.9. The lowest BCUT2D eigenvalue weighted by atomic mass is 9.98. The largest absolute Gasteiger partial charge is 0.481 e. The van der Waals surface area contributed by atoms with Gasteiger partial charge in [-0.3, -0.25) is 9.52 Å². The van der Waals surface area contributed by atoms with Crippen LogP contribution in [0.3, 0.4) is 0 Å². The molecule has 35 heavy (non-hydrogen) atoms. The van der Waals surface area contributed by atoms with E-state index in [1.165, 1.54) is 43.8 Å². The molecule has 9 nitrogen and oxygen atoms in total. The number of methoxy groups -OCH3 is 1. The molecule has 1 aromatic heterocycles. The van der Waals surface area contributed by atoms with Gasteiger partial charge in [-0.1, -0.05) is 39.0 Å². The highest BCUT2D eigenvalue weighted by Gasteiger charge is 2.22. The van der Waals surface area contributed by atoms with Crippen LogP contribution in [0, 0.1) is 0 Å². The van der Waals surface area contributed by atoms with Gasteiger partial charge in [0.2, 0.25) is 5.88 Å².